The third kappa shape index (κ3) is 3.33. The lowest BCUT2D eigenvalue weighted by atomic mass is 9.91. The highest BCUT2D eigenvalue weighted by atomic mass is 28.1. The lowest BCUT2D eigenvalue weighted by molar-refractivity contribution is -0.0597. The van der Waals surface area contributed by atoms with Gasteiger partial charge < -0.3 is 0 Å². The van der Waals surface area contributed by atoms with Crippen molar-refractivity contribution in [2.24, 2.45) is 0 Å². The Morgan fingerprint density at radius 2 is 1.30 bits per heavy atom. The molecule has 0 spiro atoms. The fourth-order valence-electron chi connectivity index (χ4n) is 3.57. The monoisotopic (exact) mass is 292 g/mol. The van der Waals surface area contributed by atoms with Crippen LogP contribution in [0.2, 0.25) is 6.04 Å². The summed E-state index contributed by atoms with van der Waals surface area (Å²) in [7, 11) is 1.27. The third-order valence-electron chi connectivity index (χ3n) is 4.41. The third-order valence-corrected chi connectivity index (χ3v) is 4.91. The Balaban J connectivity index is 3.40. The summed E-state index contributed by atoms with van der Waals surface area (Å²) in [5.41, 5.74) is 1.54. The van der Waals surface area contributed by atoms with E-state index in [1.807, 2.05) is 0 Å². The maximum atomic E-state index is 2.65. The first-order valence-corrected chi connectivity index (χ1v) is 9.68. The Kier molecular flexibility index (Phi) is 7.49. The first-order chi connectivity index (χ1) is 9.70. The summed E-state index contributed by atoms with van der Waals surface area (Å²) in [6.45, 7) is 13.6. The molecule has 0 aromatic heterocycles. The van der Waals surface area contributed by atoms with Crippen LogP contribution in [-0.4, -0.2) is 46.2 Å². The maximum absolute atomic E-state index is 2.65. The summed E-state index contributed by atoms with van der Waals surface area (Å²) >= 11 is 0. The van der Waals surface area contributed by atoms with Crippen LogP contribution in [0.5, 0.6) is 0 Å². The molecule has 3 heteroatoms. The van der Waals surface area contributed by atoms with Crippen LogP contribution in [-0.2, 0) is 5.66 Å². The van der Waals surface area contributed by atoms with E-state index in [0.29, 0.717) is 0 Å². The van der Waals surface area contributed by atoms with Gasteiger partial charge in [-0.25, -0.2) is 0 Å². The van der Waals surface area contributed by atoms with E-state index in [0.717, 1.165) is 26.2 Å². The van der Waals surface area contributed by atoms with Crippen molar-refractivity contribution in [1.29, 1.82) is 0 Å². The standard InChI is InChI=1S/C17H32N2Si/c1-5-18(6-2)17(14-15-20,19(7-3)8-4)16-12-10-9-11-13-16/h9-13H,5-8,14-15H2,1-4,20H3. The van der Waals surface area contributed by atoms with Gasteiger partial charge in [0.2, 0.25) is 0 Å². The van der Waals surface area contributed by atoms with Crippen molar-refractivity contribution >= 4 is 10.2 Å². The number of rotatable bonds is 9. The van der Waals surface area contributed by atoms with Gasteiger partial charge in [0.25, 0.3) is 0 Å². The predicted molar refractivity (Wildman–Crippen MR) is 93.3 cm³/mol. The van der Waals surface area contributed by atoms with Crippen LogP contribution in [0.3, 0.4) is 0 Å². The lowest BCUT2D eigenvalue weighted by Gasteiger charge is -2.51. The summed E-state index contributed by atoms with van der Waals surface area (Å²) in [4.78, 5) is 5.29. The van der Waals surface area contributed by atoms with Crippen molar-refractivity contribution in [1.82, 2.24) is 9.80 Å². The Bertz CT molecular complexity index is 347. The predicted octanol–water partition coefficient (Wildman–Crippen LogP) is 2.70. The van der Waals surface area contributed by atoms with Crippen molar-refractivity contribution in [2.75, 3.05) is 26.2 Å². The molecular weight excluding hydrogens is 260 g/mol. The molecule has 0 aliphatic rings. The molecule has 1 aromatic carbocycles. The highest BCUT2D eigenvalue weighted by Gasteiger charge is 2.40. The molecule has 0 aliphatic carbocycles. The highest BCUT2D eigenvalue weighted by molar-refractivity contribution is 6.08. The molecule has 0 fully saturated rings. The van der Waals surface area contributed by atoms with E-state index in [1.165, 1.54) is 28.3 Å². The molecule has 114 valence electrons. The maximum Gasteiger partial charge on any atom is 0.0997 e. The fourth-order valence-corrected chi connectivity index (χ4v) is 4.27. The molecular formula is C17H32N2Si. The second-order valence-corrected chi connectivity index (χ2v) is 6.28. The minimum atomic E-state index is 0.0794. The molecule has 1 aromatic rings. The largest absolute Gasteiger partial charge is 0.282 e. The van der Waals surface area contributed by atoms with Crippen LogP contribution in [0.25, 0.3) is 0 Å². The van der Waals surface area contributed by atoms with E-state index in [2.05, 4.69) is 67.8 Å². The van der Waals surface area contributed by atoms with Crippen LogP contribution in [0.15, 0.2) is 30.3 Å². The first-order valence-electron chi connectivity index (χ1n) is 8.26. The molecule has 0 amide bonds. The SMILES string of the molecule is CCN(CC)C(CC[SiH3])(c1ccccc1)N(CC)CC. The van der Waals surface area contributed by atoms with Crippen LogP contribution in [0.1, 0.15) is 39.7 Å². The molecule has 0 saturated carbocycles. The van der Waals surface area contributed by atoms with Crippen molar-refractivity contribution in [3.05, 3.63) is 35.9 Å². The normalized spacial score (nSPS) is 12.5. The van der Waals surface area contributed by atoms with Crippen molar-refractivity contribution in [3.8, 4) is 0 Å². The summed E-state index contributed by atoms with van der Waals surface area (Å²) < 4.78 is 0. The van der Waals surface area contributed by atoms with E-state index in [9.17, 15) is 0 Å². The molecule has 0 unspecified atom stereocenters. The van der Waals surface area contributed by atoms with E-state index >= 15 is 0 Å². The molecule has 0 radical (unpaired) electrons. The molecule has 20 heavy (non-hydrogen) atoms. The van der Waals surface area contributed by atoms with Crippen molar-refractivity contribution in [3.63, 3.8) is 0 Å². The zero-order chi connectivity index (χ0) is 15.0. The average molecular weight is 293 g/mol. The number of hydrogen-bond donors (Lipinski definition) is 0. The minimum Gasteiger partial charge on any atom is -0.282 e. The number of benzene rings is 1. The van der Waals surface area contributed by atoms with Gasteiger partial charge in [-0.15, -0.1) is 0 Å². The second-order valence-electron chi connectivity index (χ2n) is 5.28. The molecule has 1 rings (SSSR count). The van der Waals surface area contributed by atoms with Crippen LogP contribution < -0.4 is 0 Å². The topological polar surface area (TPSA) is 6.48 Å². The van der Waals surface area contributed by atoms with Gasteiger partial charge in [-0.2, -0.15) is 0 Å². The van der Waals surface area contributed by atoms with E-state index in [4.69, 9.17) is 0 Å². The Hall–Kier alpha value is -0.643. The van der Waals surface area contributed by atoms with Crippen LogP contribution in [0, 0.1) is 0 Å². The molecule has 0 saturated heterocycles. The minimum absolute atomic E-state index is 0.0794. The van der Waals surface area contributed by atoms with Gasteiger partial charge in [-0.05, 0) is 38.2 Å². The van der Waals surface area contributed by atoms with Crippen LogP contribution in [0.4, 0.5) is 0 Å². The Morgan fingerprint density at radius 3 is 1.65 bits per heavy atom. The zero-order valence-corrected chi connectivity index (χ0v) is 16.0. The van der Waals surface area contributed by atoms with E-state index in [-0.39, 0.29) is 5.66 Å². The van der Waals surface area contributed by atoms with Gasteiger partial charge in [0.1, 0.15) is 0 Å². The molecule has 0 bridgehead atoms. The quantitative estimate of drug-likeness (QED) is 0.510. The summed E-state index contributed by atoms with van der Waals surface area (Å²) in [6, 6.07) is 12.5. The van der Waals surface area contributed by atoms with Gasteiger partial charge in [-0.1, -0.05) is 64.1 Å². The molecule has 0 N–H and O–H groups in total. The first kappa shape index (κ1) is 17.4. The average Bonchev–Trinajstić information content (AvgIpc) is 2.50. The lowest BCUT2D eigenvalue weighted by Crippen LogP contribution is -2.58. The summed E-state index contributed by atoms with van der Waals surface area (Å²) in [6.07, 6.45) is 1.24. The van der Waals surface area contributed by atoms with Gasteiger partial charge in [0.05, 0.1) is 5.66 Å². The highest BCUT2D eigenvalue weighted by Crippen LogP contribution is 2.36. The molecule has 0 aliphatic heterocycles. The van der Waals surface area contributed by atoms with Gasteiger partial charge in [0.15, 0.2) is 0 Å². The second kappa shape index (κ2) is 8.60. The smallest absolute Gasteiger partial charge is 0.0997 e. The summed E-state index contributed by atoms with van der Waals surface area (Å²) in [5.74, 6) is 0. The van der Waals surface area contributed by atoms with Gasteiger partial charge in [0, 0.05) is 10.2 Å². The Labute approximate surface area is 128 Å². The summed E-state index contributed by atoms with van der Waals surface area (Å²) in [5, 5.41) is 0. The Morgan fingerprint density at radius 1 is 0.850 bits per heavy atom. The van der Waals surface area contributed by atoms with Crippen molar-refractivity contribution < 1.29 is 0 Å². The number of nitrogens with zero attached hydrogens (tertiary/aromatic N) is 2. The molecule has 0 heterocycles. The van der Waals surface area contributed by atoms with Crippen molar-refractivity contribution in [2.45, 2.75) is 45.8 Å². The fraction of sp³-hybridized carbons (Fsp3) is 0.647. The zero-order valence-electron chi connectivity index (χ0n) is 14.0. The van der Waals surface area contributed by atoms with E-state index < -0.39 is 0 Å². The molecule has 2 nitrogen and oxygen atoms in total. The van der Waals surface area contributed by atoms with E-state index in [1.54, 1.807) is 0 Å². The van der Waals surface area contributed by atoms with Crippen LogP contribution >= 0.6 is 0 Å². The number of hydrogen-bond acceptors (Lipinski definition) is 2. The van der Waals surface area contributed by atoms with Gasteiger partial charge in [-0.3, -0.25) is 9.80 Å². The van der Waals surface area contributed by atoms with Gasteiger partial charge >= 0.3 is 0 Å². The molecule has 0 atom stereocenters.